The van der Waals surface area contributed by atoms with Crippen LogP contribution in [0.3, 0.4) is 0 Å². The van der Waals surface area contributed by atoms with Gasteiger partial charge in [0.15, 0.2) is 0 Å². The minimum absolute atomic E-state index is 0.301. The third kappa shape index (κ3) is 4.81. The summed E-state index contributed by atoms with van der Waals surface area (Å²) in [5.41, 5.74) is 0.725. The molecule has 1 unspecified atom stereocenters. The van der Waals surface area contributed by atoms with E-state index in [1.54, 1.807) is 30.3 Å². The van der Waals surface area contributed by atoms with Gasteiger partial charge >= 0.3 is 0 Å². The third-order valence-corrected chi connectivity index (χ3v) is 5.34. The molecule has 0 fully saturated rings. The van der Waals surface area contributed by atoms with Crippen LogP contribution in [0.25, 0.3) is 0 Å². The number of carbonyl (C=O) groups is 1. The number of sulfonamides is 1. The molecule has 0 spiro atoms. The van der Waals surface area contributed by atoms with Crippen molar-refractivity contribution in [3.63, 3.8) is 0 Å². The molecule has 0 heterocycles. The number of carbonyl (C=O) groups excluding carboxylic acids is 1. The molecule has 1 amide bonds. The molecule has 0 saturated heterocycles. The molecule has 0 aliphatic heterocycles. The molecule has 0 aromatic heterocycles. The highest BCUT2D eigenvalue weighted by Crippen LogP contribution is 2.28. The largest absolute Gasteiger partial charge is 0.495 e. The molecular formula is C17H18Cl2N2O4S. The summed E-state index contributed by atoms with van der Waals surface area (Å²) in [5.74, 6) is -0.0500. The summed E-state index contributed by atoms with van der Waals surface area (Å²) >= 11 is 12.0. The summed E-state index contributed by atoms with van der Waals surface area (Å²) in [4.78, 5) is 12.6. The number of ether oxygens (including phenoxy) is 1. The van der Waals surface area contributed by atoms with Crippen LogP contribution in [-0.4, -0.2) is 33.7 Å². The lowest BCUT2D eigenvalue weighted by Crippen LogP contribution is -2.45. The molecule has 2 aromatic carbocycles. The number of anilines is 2. The normalized spacial score (nSPS) is 12.3. The SMILES string of the molecule is COc1ccc(NC(=O)C(C)N(c2cccc(Cl)c2)S(C)(=O)=O)cc1Cl. The highest BCUT2D eigenvalue weighted by molar-refractivity contribution is 7.92. The van der Waals surface area contributed by atoms with Crippen LogP contribution in [0.2, 0.25) is 10.0 Å². The standard InChI is InChI=1S/C17H18Cl2N2O4S/c1-11(17(22)20-13-7-8-16(25-2)15(19)10-13)21(26(3,23)24)14-6-4-5-12(18)9-14/h4-11H,1-3H3,(H,20,22). The topological polar surface area (TPSA) is 75.7 Å². The second-order valence-corrected chi connectivity index (χ2v) is 8.26. The van der Waals surface area contributed by atoms with Gasteiger partial charge in [-0.1, -0.05) is 29.3 Å². The quantitative estimate of drug-likeness (QED) is 0.776. The lowest BCUT2D eigenvalue weighted by atomic mass is 10.2. The Bertz CT molecular complexity index is 919. The van der Waals surface area contributed by atoms with Crippen LogP contribution in [0, 0.1) is 0 Å². The Morgan fingerprint density at radius 1 is 1.19 bits per heavy atom. The zero-order valence-corrected chi connectivity index (χ0v) is 16.7. The molecule has 9 heteroatoms. The monoisotopic (exact) mass is 416 g/mol. The molecule has 1 atom stereocenters. The fraction of sp³-hybridized carbons (Fsp3) is 0.235. The maximum atomic E-state index is 12.6. The van der Waals surface area contributed by atoms with E-state index in [0.717, 1.165) is 10.6 Å². The Balaban J connectivity index is 2.29. The van der Waals surface area contributed by atoms with E-state index in [-0.39, 0.29) is 0 Å². The van der Waals surface area contributed by atoms with Crippen molar-refractivity contribution in [2.45, 2.75) is 13.0 Å². The molecular weight excluding hydrogens is 399 g/mol. The van der Waals surface area contributed by atoms with E-state index >= 15 is 0 Å². The van der Waals surface area contributed by atoms with Crippen LogP contribution in [-0.2, 0) is 14.8 Å². The third-order valence-electron chi connectivity index (χ3n) is 3.57. The van der Waals surface area contributed by atoms with E-state index in [2.05, 4.69) is 5.32 Å². The predicted octanol–water partition coefficient (Wildman–Crippen LogP) is 3.80. The van der Waals surface area contributed by atoms with E-state index < -0.39 is 22.0 Å². The Kier molecular flexibility index (Phi) is 6.39. The van der Waals surface area contributed by atoms with E-state index in [4.69, 9.17) is 27.9 Å². The van der Waals surface area contributed by atoms with Crippen LogP contribution >= 0.6 is 23.2 Å². The average molecular weight is 417 g/mol. The molecule has 0 bridgehead atoms. The lowest BCUT2D eigenvalue weighted by Gasteiger charge is -2.28. The summed E-state index contributed by atoms with van der Waals surface area (Å²) in [6, 6.07) is 10.0. The molecule has 0 saturated carbocycles. The number of nitrogens with zero attached hydrogens (tertiary/aromatic N) is 1. The van der Waals surface area contributed by atoms with E-state index in [9.17, 15) is 13.2 Å². The Morgan fingerprint density at radius 3 is 2.42 bits per heavy atom. The summed E-state index contributed by atoms with van der Waals surface area (Å²) < 4.78 is 30.6. The minimum atomic E-state index is -3.72. The predicted molar refractivity (Wildman–Crippen MR) is 105 cm³/mol. The Labute approximate surface area is 162 Å². The van der Waals surface area contributed by atoms with Crippen molar-refractivity contribution in [2.24, 2.45) is 0 Å². The zero-order chi connectivity index (χ0) is 19.5. The molecule has 2 rings (SSSR count). The first-order valence-corrected chi connectivity index (χ1v) is 10.1. The second kappa shape index (κ2) is 8.16. The van der Waals surface area contributed by atoms with Gasteiger partial charge < -0.3 is 10.1 Å². The summed E-state index contributed by atoms with van der Waals surface area (Å²) in [7, 11) is -2.24. The number of hydrogen-bond acceptors (Lipinski definition) is 4. The first-order valence-electron chi connectivity index (χ1n) is 7.53. The fourth-order valence-corrected chi connectivity index (χ4v) is 4.02. The van der Waals surface area contributed by atoms with Gasteiger partial charge in [0, 0.05) is 10.7 Å². The maximum Gasteiger partial charge on any atom is 0.247 e. The number of halogens is 2. The van der Waals surface area contributed by atoms with E-state index in [0.29, 0.717) is 27.2 Å². The number of nitrogens with one attached hydrogen (secondary N) is 1. The number of hydrogen-bond donors (Lipinski definition) is 1. The van der Waals surface area contributed by atoms with Gasteiger partial charge in [-0.15, -0.1) is 0 Å². The van der Waals surface area contributed by atoms with Crippen molar-refractivity contribution in [1.82, 2.24) is 0 Å². The van der Waals surface area contributed by atoms with Crippen molar-refractivity contribution in [3.8, 4) is 5.75 Å². The highest BCUT2D eigenvalue weighted by Gasteiger charge is 2.29. The van der Waals surface area contributed by atoms with Gasteiger partial charge in [-0.3, -0.25) is 9.10 Å². The number of rotatable bonds is 6. The molecule has 0 radical (unpaired) electrons. The molecule has 2 aromatic rings. The van der Waals surface area contributed by atoms with Crippen molar-refractivity contribution >= 4 is 50.5 Å². The Hall–Kier alpha value is -1.96. The molecule has 0 aliphatic rings. The summed E-state index contributed by atoms with van der Waals surface area (Å²) in [6.45, 7) is 1.49. The van der Waals surface area contributed by atoms with Gasteiger partial charge in [-0.25, -0.2) is 8.42 Å². The van der Waals surface area contributed by atoms with Gasteiger partial charge in [0.2, 0.25) is 15.9 Å². The van der Waals surface area contributed by atoms with Crippen molar-refractivity contribution in [1.29, 1.82) is 0 Å². The van der Waals surface area contributed by atoms with Crippen LogP contribution in [0.4, 0.5) is 11.4 Å². The van der Waals surface area contributed by atoms with Crippen LogP contribution in [0.15, 0.2) is 42.5 Å². The number of amides is 1. The molecule has 140 valence electrons. The number of methoxy groups -OCH3 is 1. The zero-order valence-electron chi connectivity index (χ0n) is 14.4. The minimum Gasteiger partial charge on any atom is -0.495 e. The van der Waals surface area contributed by atoms with Crippen LogP contribution in [0.5, 0.6) is 5.75 Å². The smallest absolute Gasteiger partial charge is 0.247 e. The van der Waals surface area contributed by atoms with Crippen molar-refractivity contribution < 1.29 is 17.9 Å². The first-order chi connectivity index (χ1) is 12.1. The van der Waals surface area contributed by atoms with Gasteiger partial charge in [0.1, 0.15) is 11.8 Å². The van der Waals surface area contributed by atoms with Gasteiger partial charge in [-0.2, -0.15) is 0 Å². The van der Waals surface area contributed by atoms with E-state index in [1.165, 1.54) is 26.2 Å². The molecule has 6 nitrogen and oxygen atoms in total. The Morgan fingerprint density at radius 2 is 1.88 bits per heavy atom. The summed E-state index contributed by atoms with van der Waals surface area (Å²) in [5, 5.41) is 3.35. The van der Waals surface area contributed by atoms with Gasteiger partial charge in [0.05, 0.1) is 24.1 Å². The van der Waals surface area contributed by atoms with Crippen molar-refractivity contribution in [2.75, 3.05) is 23.0 Å². The van der Waals surface area contributed by atoms with Crippen molar-refractivity contribution in [3.05, 3.63) is 52.5 Å². The van der Waals surface area contributed by atoms with E-state index in [1.807, 2.05) is 0 Å². The van der Waals surface area contributed by atoms with Gasteiger partial charge in [-0.05, 0) is 43.3 Å². The maximum absolute atomic E-state index is 12.6. The first kappa shape index (κ1) is 20.4. The molecule has 26 heavy (non-hydrogen) atoms. The highest BCUT2D eigenvalue weighted by atomic mass is 35.5. The van der Waals surface area contributed by atoms with Gasteiger partial charge in [0.25, 0.3) is 0 Å². The average Bonchev–Trinajstić information content (AvgIpc) is 2.54. The number of benzene rings is 2. The van der Waals surface area contributed by atoms with Crippen LogP contribution in [0.1, 0.15) is 6.92 Å². The second-order valence-electron chi connectivity index (χ2n) is 5.55. The molecule has 0 aliphatic carbocycles. The lowest BCUT2D eigenvalue weighted by molar-refractivity contribution is -0.116. The fourth-order valence-electron chi connectivity index (χ4n) is 2.41. The molecule has 1 N–H and O–H groups in total. The van der Waals surface area contributed by atoms with Crippen LogP contribution < -0.4 is 14.4 Å². The summed E-state index contributed by atoms with van der Waals surface area (Å²) in [6.07, 6.45) is 1.03.